The van der Waals surface area contributed by atoms with E-state index in [-0.39, 0.29) is 11.9 Å². The molecule has 0 saturated carbocycles. The van der Waals surface area contributed by atoms with Gasteiger partial charge in [-0.05, 0) is 11.1 Å². The molecule has 0 spiro atoms. The molecule has 120 valence electrons. The normalized spacial score (nSPS) is 15.8. The van der Waals surface area contributed by atoms with E-state index in [2.05, 4.69) is 81.5 Å². The van der Waals surface area contributed by atoms with Gasteiger partial charge in [0.05, 0.1) is 11.4 Å². The van der Waals surface area contributed by atoms with Crippen molar-refractivity contribution in [2.75, 3.05) is 31.5 Å². The molecular weight excluding hydrogens is 352 g/mol. The lowest BCUT2D eigenvalue weighted by Gasteiger charge is -2.39. The van der Waals surface area contributed by atoms with Crippen molar-refractivity contribution in [1.29, 1.82) is 0 Å². The molecule has 0 radical (unpaired) electrons. The molecule has 1 heterocycles. The summed E-state index contributed by atoms with van der Waals surface area (Å²) in [7, 11) is 0. The van der Waals surface area contributed by atoms with E-state index in [0.717, 1.165) is 26.2 Å². The lowest BCUT2D eigenvalue weighted by molar-refractivity contribution is -0.130. The SMILES string of the molecule is O=C(CBr)N1CCN(C(c2ccccc2)c2ccccc2)CC1. The highest BCUT2D eigenvalue weighted by atomic mass is 79.9. The third-order valence-corrected chi connectivity index (χ3v) is 4.86. The summed E-state index contributed by atoms with van der Waals surface area (Å²) >= 11 is 3.26. The number of carbonyl (C=O) groups excluding carboxylic acids is 1. The minimum Gasteiger partial charge on any atom is -0.339 e. The van der Waals surface area contributed by atoms with Crippen molar-refractivity contribution < 1.29 is 4.79 Å². The maximum Gasteiger partial charge on any atom is 0.233 e. The lowest BCUT2D eigenvalue weighted by Crippen LogP contribution is -2.50. The molecule has 0 aliphatic carbocycles. The van der Waals surface area contributed by atoms with Gasteiger partial charge in [0, 0.05) is 26.2 Å². The molecule has 0 N–H and O–H groups in total. The van der Waals surface area contributed by atoms with Crippen molar-refractivity contribution in [2.45, 2.75) is 6.04 Å². The Morgan fingerprint density at radius 2 is 1.35 bits per heavy atom. The summed E-state index contributed by atoms with van der Waals surface area (Å²) in [6, 6.07) is 21.5. The third-order valence-electron chi connectivity index (χ3n) is 4.38. The summed E-state index contributed by atoms with van der Waals surface area (Å²) in [6.07, 6.45) is 0. The molecule has 1 saturated heterocycles. The molecule has 2 aromatic carbocycles. The van der Waals surface area contributed by atoms with Crippen LogP contribution in [0, 0.1) is 0 Å². The third kappa shape index (κ3) is 3.82. The van der Waals surface area contributed by atoms with Crippen LogP contribution in [0.3, 0.4) is 0 Å². The molecule has 1 aliphatic rings. The second kappa shape index (κ2) is 7.75. The monoisotopic (exact) mass is 372 g/mol. The summed E-state index contributed by atoms with van der Waals surface area (Å²) in [5.74, 6) is 0.181. The topological polar surface area (TPSA) is 23.6 Å². The van der Waals surface area contributed by atoms with E-state index in [1.807, 2.05) is 4.90 Å². The number of carbonyl (C=O) groups is 1. The molecule has 0 atom stereocenters. The Hall–Kier alpha value is -1.65. The summed E-state index contributed by atoms with van der Waals surface area (Å²) in [5.41, 5.74) is 2.61. The zero-order chi connectivity index (χ0) is 16.1. The second-order valence-corrected chi connectivity index (χ2v) is 6.34. The molecule has 3 nitrogen and oxygen atoms in total. The molecule has 0 aromatic heterocycles. The Labute approximate surface area is 146 Å². The zero-order valence-electron chi connectivity index (χ0n) is 13.1. The first-order chi connectivity index (χ1) is 11.3. The highest BCUT2D eigenvalue weighted by Gasteiger charge is 2.27. The van der Waals surface area contributed by atoms with Crippen LogP contribution in [-0.2, 0) is 4.79 Å². The fraction of sp³-hybridized carbons (Fsp3) is 0.316. The van der Waals surface area contributed by atoms with Crippen LogP contribution in [0.15, 0.2) is 60.7 Å². The maximum atomic E-state index is 11.8. The Morgan fingerprint density at radius 1 is 0.870 bits per heavy atom. The molecule has 23 heavy (non-hydrogen) atoms. The summed E-state index contributed by atoms with van der Waals surface area (Å²) < 4.78 is 0. The summed E-state index contributed by atoms with van der Waals surface area (Å²) in [6.45, 7) is 3.38. The number of alkyl halides is 1. The number of benzene rings is 2. The number of nitrogens with zero attached hydrogens (tertiary/aromatic N) is 2. The van der Waals surface area contributed by atoms with E-state index in [4.69, 9.17) is 0 Å². The van der Waals surface area contributed by atoms with Crippen LogP contribution < -0.4 is 0 Å². The molecule has 1 fully saturated rings. The molecule has 0 bridgehead atoms. The predicted molar refractivity (Wildman–Crippen MR) is 96.7 cm³/mol. The maximum absolute atomic E-state index is 11.8. The first-order valence-corrected chi connectivity index (χ1v) is 9.09. The first kappa shape index (κ1) is 16.2. The average Bonchev–Trinajstić information content (AvgIpc) is 2.64. The van der Waals surface area contributed by atoms with Crippen molar-refractivity contribution in [3.8, 4) is 0 Å². The highest BCUT2D eigenvalue weighted by Crippen LogP contribution is 2.29. The highest BCUT2D eigenvalue weighted by molar-refractivity contribution is 9.09. The fourth-order valence-corrected chi connectivity index (χ4v) is 3.55. The van der Waals surface area contributed by atoms with Crippen molar-refractivity contribution in [3.05, 3.63) is 71.8 Å². The van der Waals surface area contributed by atoms with E-state index in [1.165, 1.54) is 11.1 Å². The van der Waals surface area contributed by atoms with E-state index in [9.17, 15) is 4.79 Å². The fourth-order valence-electron chi connectivity index (χ4n) is 3.20. The number of hydrogen-bond acceptors (Lipinski definition) is 2. The van der Waals surface area contributed by atoms with Crippen LogP contribution in [0.25, 0.3) is 0 Å². The smallest absolute Gasteiger partial charge is 0.233 e. The van der Waals surface area contributed by atoms with Crippen molar-refractivity contribution in [2.24, 2.45) is 0 Å². The quantitative estimate of drug-likeness (QED) is 0.768. The number of halogens is 1. The number of amides is 1. The molecule has 4 heteroatoms. The van der Waals surface area contributed by atoms with Crippen LogP contribution in [0.1, 0.15) is 17.2 Å². The van der Waals surface area contributed by atoms with Gasteiger partial charge in [0.2, 0.25) is 5.91 Å². The van der Waals surface area contributed by atoms with Gasteiger partial charge in [-0.2, -0.15) is 0 Å². The van der Waals surface area contributed by atoms with Crippen LogP contribution in [-0.4, -0.2) is 47.2 Å². The second-order valence-electron chi connectivity index (χ2n) is 5.77. The number of rotatable bonds is 4. The average molecular weight is 373 g/mol. The molecule has 1 aliphatic heterocycles. The van der Waals surface area contributed by atoms with Gasteiger partial charge < -0.3 is 4.90 Å². The van der Waals surface area contributed by atoms with E-state index in [0.29, 0.717) is 5.33 Å². The van der Waals surface area contributed by atoms with E-state index in [1.54, 1.807) is 0 Å². The first-order valence-electron chi connectivity index (χ1n) is 7.97. The van der Waals surface area contributed by atoms with Gasteiger partial charge >= 0.3 is 0 Å². The molecular formula is C19H21BrN2O. The number of piperazine rings is 1. The van der Waals surface area contributed by atoms with Gasteiger partial charge in [0.25, 0.3) is 0 Å². The van der Waals surface area contributed by atoms with Gasteiger partial charge in [-0.15, -0.1) is 0 Å². The largest absolute Gasteiger partial charge is 0.339 e. The van der Waals surface area contributed by atoms with E-state index >= 15 is 0 Å². The summed E-state index contributed by atoms with van der Waals surface area (Å²) in [4.78, 5) is 16.3. The Kier molecular flexibility index (Phi) is 5.47. The molecule has 3 rings (SSSR count). The van der Waals surface area contributed by atoms with Gasteiger partial charge in [-0.25, -0.2) is 0 Å². The Bertz CT molecular complexity index is 585. The van der Waals surface area contributed by atoms with Gasteiger partial charge in [0.1, 0.15) is 0 Å². The van der Waals surface area contributed by atoms with Crippen molar-refractivity contribution in [3.63, 3.8) is 0 Å². The van der Waals surface area contributed by atoms with Crippen LogP contribution in [0.5, 0.6) is 0 Å². The van der Waals surface area contributed by atoms with Gasteiger partial charge in [-0.3, -0.25) is 9.69 Å². The standard InChI is InChI=1S/C19H21BrN2O/c20-15-18(23)21-11-13-22(14-12-21)19(16-7-3-1-4-8-16)17-9-5-2-6-10-17/h1-10,19H,11-15H2. The van der Waals surface area contributed by atoms with Gasteiger partial charge in [0.15, 0.2) is 0 Å². The van der Waals surface area contributed by atoms with E-state index < -0.39 is 0 Å². The van der Waals surface area contributed by atoms with Crippen molar-refractivity contribution in [1.82, 2.24) is 9.80 Å². The van der Waals surface area contributed by atoms with Crippen LogP contribution in [0.4, 0.5) is 0 Å². The lowest BCUT2D eigenvalue weighted by atomic mass is 9.96. The zero-order valence-corrected chi connectivity index (χ0v) is 14.7. The molecule has 2 aromatic rings. The van der Waals surface area contributed by atoms with Crippen molar-refractivity contribution >= 4 is 21.8 Å². The minimum absolute atomic E-state index is 0.181. The number of hydrogen-bond donors (Lipinski definition) is 0. The molecule has 0 unspecified atom stereocenters. The van der Waals surface area contributed by atoms with Gasteiger partial charge in [-0.1, -0.05) is 76.6 Å². The molecule has 1 amide bonds. The summed E-state index contributed by atoms with van der Waals surface area (Å²) in [5, 5.41) is 0.411. The Balaban J connectivity index is 1.82. The minimum atomic E-state index is 0.181. The Morgan fingerprint density at radius 3 is 1.78 bits per heavy atom. The predicted octanol–water partition coefficient (Wildman–Crippen LogP) is 3.32. The van der Waals surface area contributed by atoms with Crippen LogP contribution >= 0.6 is 15.9 Å². The van der Waals surface area contributed by atoms with Crippen LogP contribution in [0.2, 0.25) is 0 Å².